The Labute approximate surface area is 113 Å². The lowest BCUT2D eigenvalue weighted by Gasteiger charge is -2.29. The number of amides is 1. The second kappa shape index (κ2) is 5.43. The van der Waals surface area contributed by atoms with Gasteiger partial charge in [0.05, 0.1) is 0 Å². The second-order valence-electron chi connectivity index (χ2n) is 4.79. The summed E-state index contributed by atoms with van der Waals surface area (Å²) in [5.41, 5.74) is -0.627. The summed E-state index contributed by atoms with van der Waals surface area (Å²) in [6.45, 7) is -0.146. The Kier molecular flexibility index (Phi) is 4.03. The van der Waals surface area contributed by atoms with Crippen LogP contribution in [-0.2, 0) is 14.3 Å². The number of hydrogen-bond donors (Lipinski definition) is 1. The summed E-state index contributed by atoms with van der Waals surface area (Å²) in [6.07, 6.45) is -4.96. The molecule has 8 heteroatoms. The molecule has 0 aromatic heterocycles. The molecule has 0 unspecified atom stereocenters. The van der Waals surface area contributed by atoms with E-state index in [4.69, 9.17) is 9.84 Å². The third-order valence-electron chi connectivity index (χ3n) is 3.46. The fourth-order valence-electron chi connectivity index (χ4n) is 2.33. The van der Waals surface area contributed by atoms with E-state index >= 15 is 0 Å². The Morgan fingerprint density at radius 2 is 1.95 bits per heavy atom. The number of nitrogens with zero attached hydrogens (tertiary/aromatic N) is 1. The van der Waals surface area contributed by atoms with Gasteiger partial charge in [-0.05, 0) is 19.3 Å². The number of halogens is 3. The van der Waals surface area contributed by atoms with Crippen LogP contribution in [0.15, 0.2) is 11.6 Å². The van der Waals surface area contributed by atoms with E-state index in [1.807, 2.05) is 0 Å². The van der Waals surface area contributed by atoms with Crippen LogP contribution in [0.1, 0.15) is 19.3 Å². The molecule has 2 heterocycles. The number of ether oxygens (including phenoxy) is 1. The minimum Gasteiger partial charge on any atom is -0.479 e. The third-order valence-corrected chi connectivity index (χ3v) is 3.46. The molecular formula is C12H14F3NO4. The maximum Gasteiger partial charge on any atom is 0.412 e. The summed E-state index contributed by atoms with van der Waals surface area (Å²) < 4.78 is 42.4. The number of carboxylic acids is 1. The number of carbonyl (C=O) groups excluding carboxylic acids is 1. The van der Waals surface area contributed by atoms with Gasteiger partial charge in [-0.1, -0.05) is 6.08 Å². The van der Waals surface area contributed by atoms with Crippen LogP contribution < -0.4 is 0 Å². The highest BCUT2D eigenvalue weighted by atomic mass is 19.4. The molecule has 112 valence electrons. The molecule has 2 aliphatic rings. The number of aliphatic carboxylic acids is 1. The average molecular weight is 293 g/mol. The molecule has 2 aliphatic heterocycles. The summed E-state index contributed by atoms with van der Waals surface area (Å²) in [5.74, 6) is -1.57. The van der Waals surface area contributed by atoms with Gasteiger partial charge in [0.15, 0.2) is 6.10 Å². The van der Waals surface area contributed by atoms with Gasteiger partial charge in [0.1, 0.15) is 6.10 Å². The van der Waals surface area contributed by atoms with E-state index in [0.29, 0.717) is 0 Å². The van der Waals surface area contributed by atoms with E-state index in [1.54, 1.807) is 0 Å². The van der Waals surface area contributed by atoms with Crippen LogP contribution in [0.2, 0.25) is 0 Å². The number of carbonyl (C=O) groups is 2. The van der Waals surface area contributed by atoms with Crippen molar-refractivity contribution in [3.63, 3.8) is 0 Å². The third kappa shape index (κ3) is 3.12. The van der Waals surface area contributed by atoms with E-state index in [9.17, 15) is 22.8 Å². The lowest BCUT2D eigenvalue weighted by Crippen LogP contribution is -2.42. The molecule has 5 nitrogen and oxygen atoms in total. The normalized spacial score (nSPS) is 27.4. The molecule has 20 heavy (non-hydrogen) atoms. The van der Waals surface area contributed by atoms with E-state index < -0.39 is 35.8 Å². The molecule has 0 aromatic rings. The molecule has 2 rings (SSSR count). The van der Waals surface area contributed by atoms with E-state index in [-0.39, 0.29) is 32.4 Å². The van der Waals surface area contributed by atoms with Crippen LogP contribution in [0.3, 0.4) is 0 Å². The smallest absolute Gasteiger partial charge is 0.412 e. The topological polar surface area (TPSA) is 66.8 Å². The summed E-state index contributed by atoms with van der Waals surface area (Å²) in [5, 5.41) is 8.76. The van der Waals surface area contributed by atoms with Gasteiger partial charge in [-0.15, -0.1) is 0 Å². The van der Waals surface area contributed by atoms with Gasteiger partial charge >= 0.3 is 12.1 Å². The van der Waals surface area contributed by atoms with Crippen LogP contribution in [0.5, 0.6) is 0 Å². The Bertz CT molecular complexity index is 446. The molecule has 1 saturated heterocycles. The highest BCUT2D eigenvalue weighted by molar-refractivity contribution is 5.83. The zero-order valence-corrected chi connectivity index (χ0v) is 10.5. The van der Waals surface area contributed by atoms with Crippen LogP contribution in [0.25, 0.3) is 0 Å². The molecule has 0 aliphatic carbocycles. The summed E-state index contributed by atoms with van der Waals surface area (Å²) in [7, 11) is 0. The summed E-state index contributed by atoms with van der Waals surface area (Å²) >= 11 is 0. The molecule has 0 saturated carbocycles. The average Bonchev–Trinajstić information content (AvgIpc) is 2.86. The minimum absolute atomic E-state index is 0.0260. The van der Waals surface area contributed by atoms with Crippen LogP contribution in [0, 0.1) is 0 Å². The SMILES string of the molecule is O=C(O)[C@H]1CC[C@@H](C(=O)N2CC=C(C(F)(F)F)CC2)O1. The highest BCUT2D eigenvalue weighted by Crippen LogP contribution is 2.31. The Morgan fingerprint density at radius 1 is 1.30 bits per heavy atom. The van der Waals surface area contributed by atoms with Crippen molar-refractivity contribution in [2.24, 2.45) is 0 Å². The first kappa shape index (κ1) is 14.8. The molecule has 0 spiro atoms. The molecule has 0 radical (unpaired) electrons. The van der Waals surface area contributed by atoms with Crippen LogP contribution in [0.4, 0.5) is 13.2 Å². The van der Waals surface area contributed by atoms with Crippen LogP contribution >= 0.6 is 0 Å². The molecule has 2 atom stereocenters. The largest absolute Gasteiger partial charge is 0.479 e. The maximum absolute atomic E-state index is 12.4. The Hall–Kier alpha value is -1.57. The zero-order valence-electron chi connectivity index (χ0n) is 10.5. The van der Waals surface area contributed by atoms with Crippen molar-refractivity contribution in [2.45, 2.75) is 37.6 Å². The first-order valence-electron chi connectivity index (χ1n) is 6.22. The Morgan fingerprint density at radius 3 is 2.40 bits per heavy atom. The van der Waals surface area contributed by atoms with Gasteiger partial charge in [0.2, 0.25) is 0 Å². The predicted octanol–water partition coefficient (Wildman–Crippen LogP) is 1.34. The Balaban J connectivity index is 1.93. The van der Waals surface area contributed by atoms with Crippen LogP contribution in [-0.4, -0.2) is 53.4 Å². The zero-order chi connectivity index (χ0) is 14.9. The van der Waals surface area contributed by atoms with Crippen molar-refractivity contribution in [2.75, 3.05) is 13.1 Å². The van der Waals surface area contributed by atoms with Gasteiger partial charge < -0.3 is 14.7 Å². The van der Waals surface area contributed by atoms with Gasteiger partial charge in [0, 0.05) is 18.7 Å². The van der Waals surface area contributed by atoms with Crippen molar-refractivity contribution < 1.29 is 32.6 Å². The van der Waals surface area contributed by atoms with E-state index in [0.717, 1.165) is 6.08 Å². The highest BCUT2D eigenvalue weighted by Gasteiger charge is 2.39. The van der Waals surface area contributed by atoms with Crippen molar-refractivity contribution in [1.82, 2.24) is 4.90 Å². The number of carboxylic acid groups (broad SMARTS) is 1. The lowest BCUT2D eigenvalue weighted by molar-refractivity contribution is -0.155. The number of rotatable bonds is 2. The van der Waals surface area contributed by atoms with Crippen molar-refractivity contribution >= 4 is 11.9 Å². The summed E-state index contributed by atoms with van der Waals surface area (Å²) in [6, 6.07) is 0. The first-order chi connectivity index (χ1) is 9.29. The molecule has 1 N–H and O–H groups in total. The molecule has 0 aromatic carbocycles. The minimum atomic E-state index is -4.35. The van der Waals surface area contributed by atoms with Crippen molar-refractivity contribution in [3.8, 4) is 0 Å². The quantitative estimate of drug-likeness (QED) is 0.780. The van der Waals surface area contributed by atoms with Gasteiger partial charge in [-0.3, -0.25) is 4.79 Å². The summed E-state index contributed by atoms with van der Waals surface area (Å²) in [4.78, 5) is 24.0. The van der Waals surface area contributed by atoms with Crippen molar-refractivity contribution in [3.05, 3.63) is 11.6 Å². The number of alkyl halides is 3. The molecular weight excluding hydrogens is 279 g/mol. The van der Waals surface area contributed by atoms with Crippen molar-refractivity contribution in [1.29, 1.82) is 0 Å². The molecule has 1 fully saturated rings. The van der Waals surface area contributed by atoms with E-state index in [1.165, 1.54) is 4.90 Å². The second-order valence-corrected chi connectivity index (χ2v) is 4.79. The molecule has 1 amide bonds. The lowest BCUT2D eigenvalue weighted by atomic mass is 10.1. The predicted molar refractivity (Wildman–Crippen MR) is 60.9 cm³/mol. The molecule has 0 bridgehead atoms. The van der Waals surface area contributed by atoms with Gasteiger partial charge in [-0.25, -0.2) is 4.79 Å². The van der Waals surface area contributed by atoms with Gasteiger partial charge in [-0.2, -0.15) is 13.2 Å². The first-order valence-corrected chi connectivity index (χ1v) is 6.22. The van der Waals surface area contributed by atoms with Gasteiger partial charge in [0.25, 0.3) is 5.91 Å². The maximum atomic E-state index is 12.4. The van der Waals surface area contributed by atoms with E-state index in [2.05, 4.69) is 0 Å². The fourth-order valence-corrected chi connectivity index (χ4v) is 2.33. The monoisotopic (exact) mass is 293 g/mol. The standard InChI is InChI=1S/C12H14F3NO4/c13-12(14,15)7-3-5-16(6-4-7)10(17)8-1-2-9(20-8)11(18)19/h3,8-9H,1-2,4-6H2,(H,18,19)/t8-,9+/m0/s1. The number of hydrogen-bond acceptors (Lipinski definition) is 3. The fraction of sp³-hybridized carbons (Fsp3) is 0.667.